The van der Waals surface area contributed by atoms with Crippen LogP contribution in [0.3, 0.4) is 0 Å². The van der Waals surface area contributed by atoms with Crippen molar-refractivity contribution in [2.45, 2.75) is 47.1 Å². The molecule has 1 N–H and O–H groups in total. The van der Waals surface area contributed by atoms with E-state index in [0.29, 0.717) is 0 Å². The number of thiophene rings is 1. The van der Waals surface area contributed by atoms with Gasteiger partial charge in [-0.1, -0.05) is 13.0 Å². The largest absolute Gasteiger partial charge is 0.346 e. The second kappa shape index (κ2) is 6.01. The maximum Gasteiger partial charge on any atom is 0.247 e. The lowest BCUT2D eigenvalue weighted by atomic mass is 10.1. The summed E-state index contributed by atoms with van der Waals surface area (Å²) in [5, 5.41) is 3.03. The van der Waals surface area contributed by atoms with Gasteiger partial charge in [-0.05, 0) is 45.7 Å². The first kappa shape index (κ1) is 14.0. The molecule has 0 radical (unpaired) electrons. The lowest BCUT2D eigenvalue weighted by Crippen LogP contribution is -2.27. The van der Waals surface area contributed by atoms with Gasteiger partial charge in [0.15, 0.2) is 0 Å². The van der Waals surface area contributed by atoms with Crippen molar-refractivity contribution < 1.29 is 4.79 Å². The zero-order valence-corrected chi connectivity index (χ0v) is 12.1. The van der Waals surface area contributed by atoms with Crippen LogP contribution in [0.4, 0.5) is 0 Å². The Morgan fingerprint density at radius 3 is 2.65 bits per heavy atom. The summed E-state index contributed by atoms with van der Waals surface area (Å²) >= 11 is 1.78. The number of allylic oxidation sites excluding steroid dienone is 1. The summed E-state index contributed by atoms with van der Waals surface area (Å²) in [5.41, 5.74) is 2.02. The van der Waals surface area contributed by atoms with Crippen LogP contribution in [-0.4, -0.2) is 5.91 Å². The Morgan fingerprint density at radius 2 is 2.18 bits per heavy atom. The highest BCUT2D eigenvalue weighted by Crippen LogP contribution is 2.26. The summed E-state index contributed by atoms with van der Waals surface area (Å²) < 4.78 is 0. The van der Waals surface area contributed by atoms with E-state index >= 15 is 0 Å². The number of carbonyl (C=O) groups is 1. The molecule has 1 unspecified atom stereocenters. The molecule has 94 valence electrons. The van der Waals surface area contributed by atoms with Gasteiger partial charge in [0.1, 0.15) is 0 Å². The quantitative estimate of drug-likeness (QED) is 0.808. The summed E-state index contributed by atoms with van der Waals surface area (Å²) in [5.74, 6) is 0.0302. The normalized spacial score (nSPS) is 13.6. The number of hydrogen-bond acceptors (Lipinski definition) is 2. The van der Waals surface area contributed by atoms with Gasteiger partial charge in [0.2, 0.25) is 5.91 Å². The fraction of sp³-hybridized carbons (Fsp3) is 0.500. The fourth-order valence-corrected chi connectivity index (χ4v) is 2.89. The van der Waals surface area contributed by atoms with Gasteiger partial charge in [0.05, 0.1) is 6.04 Å². The molecule has 0 fully saturated rings. The minimum absolute atomic E-state index is 0.0302. The molecule has 0 aliphatic rings. The second-order valence-corrected chi connectivity index (χ2v) is 5.82. The Kier molecular flexibility index (Phi) is 4.94. The molecule has 1 atom stereocenters. The number of hydrogen-bond donors (Lipinski definition) is 1. The van der Waals surface area contributed by atoms with Gasteiger partial charge in [0, 0.05) is 15.3 Å². The molecule has 0 aromatic carbocycles. The van der Waals surface area contributed by atoms with Gasteiger partial charge in [-0.25, -0.2) is 0 Å². The summed E-state index contributed by atoms with van der Waals surface area (Å²) in [4.78, 5) is 14.4. The molecular formula is C14H21NOS. The lowest BCUT2D eigenvalue weighted by molar-refractivity contribution is -0.118. The Bertz CT molecular complexity index is 431. The van der Waals surface area contributed by atoms with Gasteiger partial charge in [-0.15, -0.1) is 11.3 Å². The highest BCUT2D eigenvalue weighted by Gasteiger charge is 2.14. The van der Waals surface area contributed by atoms with E-state index in [-0.39, 0.29) is 11.9 Å². The fourth-order valence-electron chi connectivity index (χ4n) is 1.87. The summed E-state index contributed by atoms with van der Waals surface area (Å²) in [6.07, 6.45) is 2.85. The van der Waals surface area contributed by atoms with Crippen molar-refractivity contribution in [2.24, 2.45) is 0 Å². The first-order chi connectivity index (χ1) is 7.95. The number of aryl methyl sites for hydroxylation is 2. The van der Waals surface area contributed by atoms with Crippen LogP contribution in [0.15, 0.2) is 17.7 Å². The molecule has 0 saturated carbocycles. The van der Waals surface area contributed by atoms with Gasteiger partial charge in [-0.2, -0.15) is 0 Å². The first-order valence-electron chi connectivity index (χ1n) is 6.00. The predicted octanol–water partition coefficient (Wildman–Crippen LogP) is 3.90. The molecule has 3 heteroatoms. The molecule has 0 aliphatic carbocycles. The minimum Gasteiger partial charge on any atom is -0.346 e. The van der Waals surface area contributed by atoms with Crippen LogP contribution in [0.1, 0.15) is 48.6 Å². The van der Waals surface area contributed by atoms with Gasteiger partial charge < -0.3 is 5.32 Å². The molecule has 0 saturated heterocycles. The van der Waals surface area contributed by atoms with Crippen molar-refractivity contribution in [2.75, 3.05) is 0 Å². The van der Waals surface area contributed by atoms with Gasteiger partial charge in [-0.3, -0.25) is 4.79 Å². The molecule has 1 aromatic rings. The molecule has 0 spiro atoms. The summed E-state index contributed by atoms with van der Waals surface area (Å²) in [6.45, 7) is 10.1. The molecule has 1 amide bonds. The van der Waals surface area contributed by atoms with Crippen LogP contribution in [-0.2, 0) is 4.79 Å². The van der Waals surface area contributed by atoms with E-state index in [0.717, 1.165) is 12.0 Å². The zero-order chi connectivity index (χ0) is 13.0. The van der Waals surface area contributed by atoms with Crippen molar-refractivity contribution in [1.29, 1.82) is 0 Å². The third-order valence-corrected chi connectivity index (χ3v) is 3.74. The Balaban J connectivity index is 2.73. The maximum atomic E-state index is 11.9. The summed E-state index contributed by atoms with van der Waals surface area (Å²) in [7, 11) is 0. The van der Waals surface area contributed by atoms with Crippen LogP contribution in [0, 0.1) is 13.8 Å². The van der Waals surface area contributed by atoms with Crippen molar-refractivity contribution in [3.8, 4) is 0 Å². The Morgan fingerprint density at radius 1 is 1.53 bits per heavy atom. The van der Waals surface area contributed by atoms with Gasteiger partial charge >= 0.3 is 0 Å². The molecule has 0 bridgehead atoms. The molecule has 1 heterocycles. The number of carbonyl (C=O) groups excluding carboxylic acids is 1. The second-order valence-electron chi connectivity index (χ2n) is 4.36. The zero-order valence-electron chi connectivity index (χ0n) is 11.3. The third-order valence-electron chi connectivity index (χ3n) is 2.76. The van der Waals surface area contributed by atoms with Crippen LogP contribution in [0.2, 0.25) is 0 Å². The van der Waals surface area contributed by atoms with Crippen molar-refractivity contribution in [3.05, 3.63) is 33.0 Å². The first-order valence-corrected chi connectivity index (χ1v) is 6.81. The third kappa shape index (κ3) is 3.70. The molecular weight excluding hydrogens is 230 g/mol. The summed E-state index contributed by atoms with van der Waals surface area (Å²) in [6, 6.07) is 2.23. The highest BCUT2D eigenvalue weighted by atomic mass is 32.1. The van der Waals surface area contributed by atoms with Crippen LogP contribution in [0.25, 0.3) is 0 Å². The minimum atomic E-state index is 0.0302. The number of amides is 1. The number of rotatable bonds is 4. The van der Waals surface area contributed by atoms with Gasteiger partial charge in [0.25, 0.3) is 0 Å². The molecule has 2 nitrogen and oxygen atoms in total. The van der Waals surface area contributed by atoms with Crippen LogP contribution < -0.4 is 5.32 Å². The SMILES string of the molecule is CC/C=C(/C)C(=O)NC(C)c1cc(C)sc1C. The van der Waals surface area contributed by atoms with E-state index in [1.807, 2.05) is 26.8 Å². The molecule has 17 heavy (non-hydrogen) atoms. The van der Waals surface area contributed by atoms with Crippen molar-refractivity contribution >= 4 is 17.2 Å². The molecule has 1 aromatic heterocycles. The van der Waals surface area contributed by atoms with Crippen LogP contribution >= 0.6 is 11.3 Å². The van der Waals surface area contributed by atoms with E-state index in [4.69, 9.17) is 0 Å². The Hall–Kier alpha value is -1.09. The highest BCUT2D eigenvalue weighted by molar-refractivity contribution is 7.12. The molecule has 1 rings (SSSR count). The molecule has 0 aliphatic heterocycles. The van der Waals surface area contributed by atoms with E-state index in [9.17, 15) is 4.79 Å². The average molecular weight is 251 g/mol. The van der Waals surface area contributed by atoms with E-state index < -0.39 is 0 Å². The topological polar surface area (TPSA) is 29.1 Å². The lowest BCUT2D eigenvalue weighted by Gasteiger charge is -2.14. The van der Waals surface area contributed by atoms with Crippen LogP contribution in [0.5, 0.6) is 0 Å². The smallest absolute Gasteiger partial charge is 0.247 e. The Labute approximate surface area is 108 Å². The number of nitrogens with one attached hydrogen (secondary N) is 1. The predicted molar refractivity (Wildman–Crippen MR) is 74.4 cm³/mol. The van der Waals surface area contributed by atoms with E-state index in [2.05, 4.69) is 25.2 Å². The maximum absolute atomic E-state index is 11.9. The monoisotopic (exact) mass is 251 g/mol. The van der Waals surface area contributed by atoms with E-state index in [1.54, 1.807) is 11.3 Å². The standard InChI is InChI=1S/C14H21NOS/c1-6-7-9(2)14(16)15-11(4)13-8-10(3)17-12(13)5/h7-8,11H,6H2,1-5H3,(H,15,16)/b9-7-. The van der Waals surface area contributed by atoms with Crippen molar-refractivity contribution in [3.63, 3.8) is 0 Å². The average Bonchev–Trinajstić information content (AvgIpc) is 2.58. The van der Waals surface area contributed by atoms with E-state index in [1.165, 1.54) is 15.3 Å². The van der Waals surface area contributed by atoms with Crippen molar-refractivity contribution in [1.82, 2.24) is 5.32 Å².